The van der Waals surface area contributed by atoms with Gasteiger partial charge in [-0.2, -0.15) is 0 Å². The fourth-order valence-corrected chi connectivity index (χ4v) is 3.03. The number of ether oxygens (including phenoxy) is 1. The highest BCUT2D eigenvalue weighted by molar-refractivity contribution is 5.88. The van der Waals surface area contributed by atoms with Crippen molar-refractivity contribution < 1.29 is 14.3 Å². The lowest BCUT2D eigenvalue weighted by Gasteiger charge is -2.34. The summed E-state index contributed by atoms with van der Waals surface area (Å²) in [7, 11) is 1.58. The molecule has 1 aliphatic heterocycles. The maximum absolute atomic E-state index is 12.2. The highest BCUT2D eigenvalue weighted by atomic mass is 16.5. The minimum atomic E-state index is -0.442. The number of rotatable bonds is 8. The molecule has 0 unspecified atom stereocenters. The maximum atomic E-state index is 12.2. The zero-order valence-electron chi connectivity index (χ0n) is 15.0. The van der Waals surface area contributed by atoms with Gasteiger partial charge >= 0.3 is 0 Å². The first-order valence-corrected chi connectivity index (χ1v) is 8.66. The lowest BCUT2D eigenvalue weighted by molar-refractivity contribution is -0.134. The van der Waals surface area contributed by atoms with E-state index in [1.807, 2.05) is 25.1 Å². The number of hydrogen-bond donors (Lipinski definition) is 2. The van der Waals surface area contributed by atoms with Crippen LogP contribution in [0.25, 0.3) is 0 Å². The van der Waals surface area contributed by atoms with Crippen LogP contribution < -0.4 is 15.4 Å². The third-order valence-corrected chi connectivity index (χ3v) is 4.27. The van der Waals surface area contributed by atoms with Gasteiger partial charge in [-0.3, -0.25) is 14.5 Å². The van der Waals surface area contributed by atoms with Crippen LogP contribution in [0.15, 0.2) is 30.9 Å². The molecule has 0 saturated carbocycles. The van der Waals surface area contributed by atoms with E-state index in [0.717, 1.165) is 29.8 Å². The zero-order valence-corrected chi connectivity index (χ0v) is 15.0. The molecule has 1 aliphatic rings. The minimum absolute atomic E-state index is 0.0906. The SMILES string of the molecule is C=CCc1cc(CN2CCNC(=O)[C@@H]2CC(=O)NC)ccc1OCC. The van der Waals surface area contributed by atoms with Gasteiger partial charge in [0.2, 0.25) is 11.8 Å². The topological polar surface area (TPSA) is 70.7 Å². The molecule has 6 nitrogen and oxygen atoms in total. The van der Waals surface area contributed by atoms with Crippen LogP contribution >= 0.6 is 0 Å². The molecule has 1 aromatic carbocycles. The summed E-state index contributed by atoms with van der Waals surface area (Å²) in [6.07, 6.45) is 2.74. The van der Waals surface area contributed by atoms with Crippen molar-refractivity contribution in [2.45, 2.75) is 32.4 Å². The standard InChI is InChI=1S/C19H27N3O3/c1-4-6-15-11-14(7-8-17(15)25-5-2)13-22-10-9-21-19(24)16(22)12-18(23)20-3/h4,7-8,11,16H,1,5-6,9-10,12-13H2,2-3H3,(H,20,23)(H,21,24)/t16-/m0/s1. The Labute approximate surface area is 149 Å². The largest absolute Gasteiger partial charge is 0.494 e. The zero-order chi connectivity index (χ0) is 18.2. The Bertz CT molecular complexity index is 630. The van der Waals surface area contributed by atoms with E-state index >= 15 is 0 Å². The highest BCUT2D eigenvalue weighted by Gasteiger charge is 2.31. The Morgan fingerprint density at radius 1 is 1.52 bits per heavy atom. The second kappa shape index (κ2) is 9.22. The minimum Gasteiger partial charge on any atom is -0.494 e. The first-order valence-electron chi connectivity index (χ1n) is 8.66. The van der Waals surface area contributed by atoms with Crippen LogP contribution in [-0.4, -0.2) is 49.5 Å². The molecule has 1 atom stereocenters. The lowest BCUT2D eigenvalue weighted by Crippen LogP contribution is -2.55. The van der Waals surface area contributed by atoms with Crippen molar-refractivity contribution in [1.29, 1.82) is 0 Å². The van der Waals surface area contributed by atoms with Gasteiger partial charge in [0.1, 0.15) is 5.75 Å². The van der Waals surface area contributed by atoms with Crippen molar-refractivity contribution in [3.05, 3.63) is 42.0 Å². The predicted molar refractivity (Wildman–Crippen MR) is 97.4 cm³/mol. The monoisotopic (exact) mass is 345 g/mol. The summed E-state index contributed by atoms with van der Waals surface area (Å²) >= 11 is 0. The molecule has 0 radical (unpaired) electrons. The maximum Gasteiger partial charge on any atom is 0.237 e. The molecule has 6 heteroatoms. The fourth-order valence-electron chi connectivity index (χ4n) is 3.03. The van der Waals surface area contributed by atoms with Crippen LogP contribution in [0, 0.1) is 0 Å². The number of carbonyl (C=O) groups excluding carboxylic acids is 2. The summed E-state index contributed by atoms with van der Waals surface area (Å²) in [5.41, 5.74) is 2.18. The van der Waals surface area contributed by atoms with Gasteiger partial charge in [-0.05, 0) is 30.5 Å². The van der Waals surface area contributed by atoms with Gasteiger partial charge in [0.25, 0.3) is 0 Å². The van der Waals surface area contributed by atoms with E-state index in [2.05, 4.69) is 28.2 Å². The molecule has 1 fully saturated rings. The van der Waals surface area contributed by atoms with E-state index in [-0.39, 0.29) is 18.2 Å². The summed E-state index contributed by atoms with van der Waals surface area (Å²) in [4.78, 5) is 26.0. The highest BCUT2D eigenvalue weighted by Crippen LogP contribution is 2.23. The van der Waals surface area contributed by atoms with Gasteiger partial charge in [-0.25, -0.2) is 0 Å². The molecule has 2 amide bonds. The average molecular weight is 345 g/mol. The van der Waals surface area contributed by atoms with E-state index in [1.165, 1.54) is 0 Å². The van der Waals surface area contributed by atoms with Crippen molar-refractivity contribution >= 4 is 11.8 Å². The Balaban J connectivity index is 2.17. The lowest BCUT2D eigenvalue weighted by atomic mass is 10.0. The van der Waals surface area contributed by atoms with Crippen LogP contribution in [-0.2, 0) is 22.6 Å². The normalized spacial score (nSPS) is 17.7. The summed E-state index contributed by atoms with van der Waals surface area (Å²) in [5, 5.41) is 5.43. The van der Waals surface area contributed by atoms with Crippen LogP contribution in [0.1, 0.15) is 24.5 Å². The number of nitrogens with zero attached hydrogens (tertiary/aromatic N) is 1. The molecule has 0 bridgehead atoms. The number of benzene rings is 1. The first-order chi connectivity index (χ1) is 12.1. The van der Waals surface area contributed by atoms with Gasteiger partial charge in [-0.15, -0.1) is 6.58 Å². The molecule has 0 spiro atoms. The molecular weight excluding hydrogens is 318 g/mol. The van der Waals surface area contributed by atoms with Crippen LogP contribution in [0.3, 0.4) is 0 Å². The molecule has 0 aromatic heterocycles. The molecule has 1 heterocycles. The smallest absolute Gasteiger partial charge is 0.237 e. The summed E-state index contributed by atoms with van der Waals surface area (Å²) in [5.74, 6) is 0.641. The molecule has 1 aromatic rings. The molecule has 0 aliphatic carbocycles. The molecule has 136 valence electrons. The van der Waals surface area contributed by atoms with Crippen molar-refractivity contribution in [1.82, 2.24) is 15.5 Å². The molecule has 2 N–H and O–H groups in total. The third-order valence-electron chi connectivity index (χ3n) is 4.27. The number of allylic oxidation sites excluding steroid dienone is 1. The van der Waals surface area contributed by atoms with Crippen LogP contribution in [0.4, 0.5) is 0 Å². The molecular formula is C19H27N3O3. The Morgan fingerprint density at radius 2 is 2.32 bits per heavy atom. The average Bonchev–Trinajstić information content (AvgIpc) is 2.60. The fraction of sp³-hybridized carbons (Fsp3) is 0.474. The van der Waals surface area contributed by atoms with E-state index in [4.69, 9.17) is 4.74 Å². The summed E-state index contributed by atoms with van der Waals surface area (Å²) in [6.45, 7) is 8.31. The van der Waals surface area contributed by atoms with Gasteiger partial charge in [0, 0.05) is 26.7 Å². The molecule has 25 heavy (non-hydrogen) atoms. The van der Waals surface area contributed by atoms with E-state index in [0.29, 0.717) is 19.7 Å². The quantitative estimate of drug-likeness (QED) is 0.696. The first kappa shape index (κ1) is 19.0. The summed E-state index contributed by atoms with van der Waals surface area (Å²) < 4.78 is 5.66. The third kappa shape index (κ3) is 5.06. The van der Waals surface area contributed by atoms with Crippen molar-refractivity contribution in [3.8, 4) is 5.75 Å². The van der Waals surface area contributed by atoms with Crippen LogP contribution in [0.5, 0.6) is 5.75 Å². The molecule has 2 rings (SSSR count). The second-order valence-electron chi connectivity index (χ2n) is 6.02. The Hall–Kier alpha value is -2.34. The van der Waals surface area contributed by atoms with Gasteiger partial charge < -0.3 is 15.4 Å². The van der Waals surface area contributed by atoms with Crippen molar-refractivity contribution in [2.75, 3.05) is 26.7 Å². The predicted octanol–water partition coefficient (Wildman–Crippen LogP) is 1.25. The second-order valence-corrected chi connectivity index (χ2v) is 6.02. The number of piperazine rings is 1. The number of hydrogen-bond acceptors (Lipinski definition) is 4. The van der Waals surface area contributed by atoms with Crippen molar-refractivity contribution in [3.63, 3.8) is 0 Å². The van der Waals surface area contributed by atoms with Gasteiger partial charge in [-0.1, -0.05) is 18.2 Å². The van der Waals surface area contributed by atoms with E-state index in [9.17, 15) is 9.59 Å². The van der Waals surface area contributed by atoms with Crippen LogP contribution in [0.2, 0.25) is 0 Å². The number of nitrogens with one attached hydrogen (secondary N) is 2. The molecule has 1 saturated heterocycles. The number of carbonyl (C=O) groups is 2. The van der Waals surface area contributed by atoms with Gasteiger partial charge in [0.15, 0.2) is 0 Å². The van der Waals surface area contributed by atoms with Gasteiger partial charge in [0.05, 0.1) is 19.1 Å². The number of amides is 2. The Morgan fingerprint density at radius 3 is 3.00 bits per heavy atom. The van der Waals surface area contributed by atoms with E-state index in [1.54, 1.807) is 7.05 Å². The Kier molecular flexibility index (Phi) is 7.01. The van der Waals surface area contributed by atoms with E-state index < -0.39 is 6.04 Å². The summed E-state index contributed by atoms with van der Waals surface area (Å²) in [6, 6.07) is 5.63. The van der Waals surface area contributed by atoms with Crippen molar-refractivity contribution in [2.24, 2.45) is 0 Å².